The summed E-state index contributed by atoms with van der Waals surface area (Å²) in [6.45, 7) is 2.10. The van der Waals surface area contributed by atoms with Crippen LogP contribution >= 0.6 is 0 Å². The number of nitrogens with zero attached hydrogens (tertiary/aromatic N) is 3. The molecule has 4 N–H and O–H groups in total. The lowest BCUT2D eigenvalue weighted by Gasteiger charge is -2.08. The lowest BCUT2D eigenvalue weighted by Crippen LogP contribution is -1.92. The van der Waals surface area contributed by atoms with Gasteiger partial charge in [-0.15, -0.1) is 0 Å². The molecular formula is C28H24N6. The third-order valence-corrected chi connectivity index (χ3v) is 6.33. The average molecular weight is 445 g/mol. The molecule has 4 aromatic heterocycles. The molecule has 1 fully saturated rings. The first-order valence-corrected chi connectivity index (χ1v) is 11.4. The molecule has 1 aromatic carbocycles. The summed E-state index contributed by atoms with van der Waals surface area (Å²) >= 11 is 0. The van der Waals surface area contributed by atoms with E-state index in [1.54, 1.807) is 12.4 Å². The fourth-order valence-corrected chi connectivity index (χ4v) is 4.34. The minimum absolute atomic E-state index is 0.818. The van der Waals surface area contributed by atoms with E-state index in [9.17, 15) is 0 Å². The third-order valence-electron chi connectivity index (χ3n) is 6.33. The van der Waals surface area contributed by atoms with Gasteiger partial charge in [0.1, 0.15) is 11.3 Å². The van der Waals surface area contributed by atoms with Crippen molar-refractivity contribution in [1.82, 2.24) is 25.1 Å². The molecule has 5 aromatic rings. The zero-order chi connectivity index (χ0) is 23.1. The van der Waals surface area contributed by atoms with E-state index in [4.69, 9.17) is 5.73 Å². The SMILES string of the molecule is CC(=C/C=C1CC1)/C(=C\N)c1ccc2[nH]nc(-c3cc4c(-c5cccnc5)ccnc4[nH]3)c2c1. The summed E-state index contributed by atoms with van der Waals surface area (Å²) in [6, 6.07) is 14.4. The maximum absolute atomic E-state index is 6.05. The molecule has 6 heteroatoms. The molecule has 0 saturated heterocycles. The number of fused-ring (bicyclic) bond motifs is 2. The van der Waals surface area contributed by atoms with Crippen molar-refractivity contribution in [2.24, 2.45) is 5.73 Å². The molecule has 4 heterocycles. The smallest absolute Gasteiger partial charge is 0.138 e. The molecule has 1 saturated carbocycles. The van der Waals surface area contributed by atoms with Crippen LogP contribution in [0.4, 0.5) is 0 Å². The van der Waals surface area contributed by atoms with E-state index in [1.807, 2.05) is 24.5 Å². The number of nitrogens with two attached hydrogens (primary N) is 1. The van der Waals surface area contributed by atoms with Crippen molar-refractivity contribution in [1.29, 1.82) is 0 Å². The van der Waals surface area contributed by atoms with E-state index < -0.39 is 0 Å². The highest BCUT2D eigenvalue weighted by Crippen LogP contribution is 2.35. The quantitative estimate of drug-likeness (QED) is 0.284. The molecule has 34 heavy (non-hydrogen) atoms. The number of benzene rings is 1. The minimum Gasteiger partial charge on any atom is -0.404 e. The van der Waals surface area contributed by atoms with Crippen LogP contribution in [0, 0.1) is 0 Å². The summed E-state index contributed by atoms with van der Waals surface area (Å²) in [4.78, 5) is 12.3. The zero-order valence-electron chi connectivity index (χ0n) is 18.8. The van der Waals surface area contributed by atoms with Crippen molar-refractivity contribution in [3.05, 3.63) is 96.1 Å². The van der Waals surface area contributed by atoms with Gasteiger partial charge < -0.3 is 10.7 Å². The molecule has 166 valence electrons. The van der Waals surface area contributed by atoms with Gasteiger partial charge in [0.05, 0.1) is 11.2 Å². The normalized spacial score (nSPS) is 14.2. The molecule has 6 nitrogen and oxygen atoms in total. The second-order valence-corrected chi connectivity index (χ2v) is 8.63. The highest BCUT2D eigenvalue weighted by molar-refractivity contribution is 6.00. The van der Waals surface area contributed by atoms with Crippen LogP contribution in [0.5, 0.6) is 0 Å². The zero-order valence-corrected chi connectivity index (χ0v) is 18.8. The fraction of sp³-hybridized carbons (Fsp3) is 0.107. The number of hydrogen-bond donors (Lipinski definition) is 3. The molecule has 0 bridgehead atoms. The van der Waals surface area contributed by atoms with Crippen LogP contribution in [-0.4, -0.2) is 25.1 Å². The second kappa shape index (κ2) is 8.15. The van der Waals surface area contributed by atoms with Gasteiger partial charge in [0.2, 0.25) is 0 Å². The van der Waals surface area contributed by atoms with Crippen molar-refractivity contribution >= 4 is 27.5 Å². The van der Waals surface area contributed by atoms with Gasteiger partial charge in [0.15, 0.2) is 0 Å². The second-order valence-electron chi connectivity index (χ2n) is 8.63. The summed E-state index contributed by atoms with van der Waals surface area (Å²) in [6.07, 6.45) is 13.9. The van der Waals surface area contributed by atoms with Crippen molar-refractivity contribution in [2.75, 3.05) is 0 Å². The first kappa shape index (κ1) is 20.2. The minimum atomic E-state index is 0.818. The highest BCUT2D eigenvalue weighted by atomic mass is 15.1. The molecule has 0 radical (unpaired) electrons. The number of aromatic nitrogens is 5. The predicted molar refractivity (Wildman–Crippen MR) is 138 cm³/mol. The molecule has 0 amide bonds. The summed E-state index contributed by atoms with van der Waals surface area (Å²) in [5, 5.41) is 9.86. The number of nitrogens with one attached hydrogen (secondary N) is 2. The van der Waals surface area contributed by atoms with Crippen molar-refractivity contribution in [3.63, 3.8) is 0 Å². The molecule has 1 aliphatic rings. The molecular weight excluding hydrogens is 420 g/mol. The Labute approximate surface area is 197 Å². The fourth-order valence-electron chi connectivity index (χ4n) is 4.34. The number of pyridine rings is 2. The molecule has 1 aliphatic carbocycles. The molecule has 0 spiro atoms. The third kappa shape index (κ3) is 3.59. The first-order valence-electron chi connectivity index (χ1n) is 11.4. The standard InChI is InChI=1S/C28H24N6/c1-17(4-5-18-6-7-18)24(15-29)19-8-9-25-23(13-19)27(34-33-25)26-14-22-21(10-12-31-28(22)32-26)20-3-2-11-30-16-20/h2-5,8-16H,6-7,29H2,1H3,(H,31,32)(H,33,34)/b17-4-,24-15+. The summed E-state index contributed by atoms with van der Waals surface area (Å²) in [7, 11) is 0. The van der Waals surface area contributed by atoms with E-state index in [1.165, 1.54) is 18.4 Å². The molecule has 0 unspecified atom stereocenters. The maximum Gasteiger partial charge on any atom is 0.138 e. The number of aromatic amines is 2. The lowest BCUT2D eigenvalue weighted by molar-refractivity contribution is 1.12. The molecule has 0 aliphatic heterocycles. The summed E-state index contributed by atoms with van der Waals surface area (Å²) in [5.74, 6) is 0. The lowest BCUT2D eigenvalue weighted by atomic mass is 9.97. The molecule has 0 atom stereocenters. The first-order chi connectivity index (χ1) is 16.7. The monoisotopic (exact) mass is 444 g/mol. The Morgan fingerprint density at radius 1 is 1.06 bits per heavy atom. The van der Waals surface area contributed by atoms with Gasteiger partial charge in [0.25, 0.3) is 0 Å². The van der Waals surface area contributed by atoms with E-state index in [0.717, 1.165) is 61.2 Å². The predicted octanol–water partition coefficient (Wildman–Crippen LogP) is 6.13. The van der Waals surface area contributed by atoms with Crippen LogP contribution in [0.1, 0.15) is 25.3 Å². The van der Waals surface area contributed by atoms with Crippen LogP contribution in [0.3, 0.4) is 0 Å². The van der Waals surface area contributed by atoms with Crippen LogP contribution in [0.2, 0.25) is 0 Å². The van der Waals surface area contributed by atoms with Crippen LogP contribution in [0.25, 0.3) is 50.0 Å². The van der Waals surface area contributed by atoms with Crippen molar-refractivity contribution in [3.8, 4) is 22.5 Å². The Morgan fingerprint density at radius 3 is 2.76 bits per heavy atom. The van der Waals surface area contributed by atoms with Crippen LogP contribution in [0.15, 0.2) is 90.6 Å². The van der Waals surface area contributed by atoms with Crippen LogP contribution in [-0.2, 0) is 0 Å². The Kier molecular flexibility index (Phi) is 4.84. The van der Waals surface area contributed by atoms with Gasteiger partial charge in [-0.1, -0.05) is 29.9 Å². The van der Waals surface area contributed by atoms with E-state index >= 15 is 0 Å². The van der Waals surface area contributed by atoms with Gasteiger partial charge >= 0.3 is 0 Å². The van der Waals surface area contributed by atoms with Gasteiger partial charge in [0, 0.05) is 46.7 Å². The van der Waals surface area contributed by atoms with E-state index in [2.05, 4.69) is 74.6 Å². The van der Waals surface area contributed by atoms with E-state index in [-0.39, 0.29) is 0 Å². The molecule has 6 rings (SSSR count). The number of rotatable bonds is 5. The Hall–Kier alpha value is -4.45. The van der Waals surface area contributed by atoms with Crippen LogP contribution < -0.4 is 5.73 Å². The van der Waals surface area contributed by atoms with Gasteiger partial charge in [-0.05, 0) is 66.8 Å². The number of hydrogen-bond acceptors (Lipinski definition) is 4. The topological polar surface area (TPSA) is 96.3 Å². The van der Waals surface area contributed by atoms with Crippen molar-refractivity contribution < 1.29 is 0 Å². The van der Waals surface area contributed by atoms with Gasteiger partial charge in [-0.25, -0.2) is 4.98 Å². The summed E-state index contributed by atoms with van der Waals surface area (Å²) < 4.78 is 0. The number of allylic oxidation sites excluding steroid dienone is 5. The average Bonchev–Trinajstić information content (AvgIpc) is 3.45. The van der Waals surface area contributed by atoms with Crippen molar-refractivity contribution in [2.45, 2.75) is 19.8 Å². The maximum atomic E-state index is 6.05. The van der Waals surface area contributed by atoms with Gasteiger partial charge in [-0.3, -0.25) is 10.1 Å². The Morgan fingerprint density at radius 2 is 1.97 bits per heavy atom. The number of H-pyrrole nitrogens is 2. The Bertz CT molecular complexity index is 1610. The largest absolute Gasteiger partial charge is 0.404 e. The Balaban J connectivity index is 1.44. The summed E-state index contributed by atoms with van der Waals surface area (Å²) in [5.41, 5.74) is 16.4. The highest BCUT2D eigenvalue weighted by Gasteiger charge is 2.16. The van der Waals surface area contributed by atoms with Gasteiger partial charge in [-0.2, -0.15) is 5.10 Å². The van der Waals surface area contributed by atoms with E-state index in [0.29, 0.717) is 0 Å².